The molecule has 39 heavy (non-hydrogen) atoms. The molecule has 0 spiro atoms. The number of nitrogens with zero attached hydrogens (tertiary/aromatic N) is 1. The van der Waals surface area contributed by atoms with Crippen LogP contribution >= 0.6 is 0 Å². The second-order valence-electron chi connectivity index (χ2n) is 10.6. The number of fused-ring (bicyclic) bond motifs is 1. The summed E-state index contributed by atoms with van der Waals surface area (Å²) in [6, 6.07) is 13.2. The Bertz CT molecular complexity index is 1120. The standard InChI is InChI=1S/C30H41N3O6/c1-30(2)38-21-24-18-23(12-13-27(24)39-30)26(34)19-31-14-5-3-4-6-15-37-16-8-10-22-9-7-11-25(17-22)33-20-28(35)32-29(33)36/h7,9,11-13,17-18,26,31,34H,3-6,8,10,14-16,19-21H2,1-2H3,(H,32,35,36)/t26-/m0/s1. The third-order valence-electron chi connectivity index (χ3n) is 6.90. The van der Waals surface area contributed by atoms with Crippen LogP contribution in [0.4, 0.5) is 10.5 Å². The number of aliphatic hydroxyl groups excluding tert-OH is 1. The first-order valence-corrected chi connectivity index (χ1v) is 13.9. The largest absolute Gasteiger partial charge is 0.463 e. The van der Waals surface area contributed by atoms with Crippen molar-refractivity contribution in [2.24, 2.45) is 0 Å². The minimum atomic E-state index is -0.616. The molecule has 2 aliphatic heterocycles. The molecule has 1 atom stereocenters. The van der Waals surface area contributed by atoms with Crippen LogP contribution in [-0.2, 0) is 27.3 Å². The van der Waals surface area contributed by atoms with Crippen molar-refractivity contribution in [1.29, 1.82) is 0 Å². The lowest BCUT2D eigenvalue weighted by Crippen LogP contribution is -2.35. The maximum absolute atomic E-state index is 11.8. The third-order valence-corrected chi connectivity index (χ3v) is 6.90. The molecule has 0 bridgehead atoms. The van der Waals surface area contributed by atoms with Crippen molar-refractivity contribution in [2.45, 2.75) is 70.9 Å². The van der Waals surface area contributed by atoms with E-state index in [1.165, 1.54) is 4.90 Å². The summed E-state index contributed by atoms with van der Waals surface area (Å²) in [7, 11) is 0. The quantitative estimate of drug-likeness (QED) is 0.230. The maximum Gasteiger partial charge on any atom is 0.329 e. The zero-order valence-corrected chi connectivity index (χ0v) is 23.0. The summed E-state index contributed by atoms with van der Waals surface area (Å²) in [6.07, 6.45) is 5.53. The van der Waals surface area contributed by atoms with Gasteiger partial charge < -0.3 is 24.6 Å². The lowest BCUT2D eigenvalue weighted by molar-refractivity contribution is -0.180. The van der Waals surface area contributed by atoms with Gasteiger partial charge in [-0.05, 0) is 67.6 Å². The van der Waals surface area contributed by atoms with E-state index in [9.17, 15) is 14.7 Å². The van der Waals surface area contributed by atoms with E-state index in [0.29, 0.717) is 19.8 Å². The molecule has 0 saturated carbocycles. The first-order valence-electron chi connectivity index (χ1n) is 13.9. The zero-order valence-electron chi connectivity index (χ0n) is 23.0. The van der Waals surface area contributed by atoms with Crippen molar-refractivity contribution in [2.75, 3.05) is 37.7 Å². The number of carbonyl (C=O) groups is 2. The van der Waals surface area contributed by atoms with Crippen LogP contribution in [-0.4, -0.2) is 55.7 Å². The van der Waals surface area contributed by atoms with Crippen LogP contribution < -0.4 is 20.3 Å². The summed E-state index contributed by atoms with van der Waals surface area (Å²) in [5.74, 6) is -0.0703. The number of imide groups is 1. The smallest absolute Gasteiger partial charge is 0.329 e. The lowest BCUT2D eigenvalue weighted by atomic mass is 10.0. The van der Waals surface area contributed by atoms with Gasteiger partial charge in [0.25, 0.3) is 0 Å². The summed E-state index contributed by atoms with van der Waals surface area (Å²) in [6.45, 7) is 7.18. The average Bonchev–Trinajstić information content (AvgIpc) is 3.26. The number of urea groups is 1. The molecule has 212 valence electrons. The maximum atomic E-state index is 11.8. The fourth-order valence-electron chi connectivity index (χ4n) is 4.74. The molecule has 2 heterocycles. The molecule has 0 aromatic heterocycles. The summed E-state index contributed by atoms with van der Waals surface area (Å²) in [4.78, 5) is 24.7. The zero-order chi connectivity index (χ0) is 27.7. The van der Waals surface area contributed by atoms with Crippen molar-refractivity contribution in [3.8, 4) is 5.75 Å². The van der Waals surface area contributed by atoms with Gasteiger partial charge >= 0.3 is 6.03 Å². The van der Waals surface area contributed by atoms with Gasteiger partial charge in [-0.1, -0.05) is 31.0 Å². The first-order chi connectivity index (χ1) is 18.8. The molecular weight excluding hydrogens is 498 g/mol. The Morgan fingerprint density at radius 1 is 1.08 bits per heavy atom. The SMILES string of the molecule is CC1(C)OCc2cc([C@@H](O)CNCCCCCCOCCCc3cccc(N4CC(=O)NC4=O)c3)ccc2O1. The fraction of sp³-hybridized carbons (Fsp3) is 0.533. The number of carbonyl (C=O) groups excluding carboxylic acids is 2. The Morgan fingerprint density at radius 2 is 1.90 bits per heavy atom. The first kappa shape index (κ1) is 29.0. The molecule has 2 aromatic carbocycles. The van der Waals surface area contributed by atoms with Crippen LogP contribution in [0.25, 0.3) is 0 Å². The second-order valence-corrected chi connectivity index (χ2v) is 10.6. The van der Waals surface area contributed by atoms with Crippen LogP contribution in [0, 0.1) is 0 Å². The van der Waals surface area contributed by atoms with Crippen molar-refractivity contribution in [3.63, 3.8) is 0 Å². The van der Waals surface area contributed by atoms with Gasteiger partial charge in [-0.25, -0.2) is 4.79 Å². The molecule has 0 aliphatic carbocycles. The van der Waals surface area contributed by atoms with Crippen LogP contribution in [0.1, 0.15) is 68.7 Å². The van der Waals surface area contributed by atoms with Crippen molar-refractivity contribution < 1.29 is 28.9 Å². The van der Waals surface area contributed by atoms with Gasteiger partial charge in [-0.3, -0.25) is 15.0 Å². The number of ether oxygens (including phenoxy) is 3. The molecule has 3 amide bonds. The molecule has 9 nitrogen and oxygen atoms in total. The third kappa shape index (κ3) is 8.76. The summed E-state index contributed by atoms with van der Waals surface area (Å²) in [5.41, 5.74) is 3.70. The number of benzene rings is 2. The van der Waals surface area contributed by atoms with Gasteiger partial charge in [-0.15, -0.1) is 0 Å². The van der Waals surface area contributed by atoms with Crippen LogP contribution in [0.2, 0.25) is 0 Å². The molecule has 1 saturated heterocycles. The molecule has 2 aromatic rings. The van der Waals surface area contributed by atoms with Gasteiger partial charge in [0.15, 0.2) is 0 Å². The van der Waals surface area contributed by atoms with Crippen LogP contribution in [0.15, 0.2) is 42.5 Å². The monoisotopic (exact) mass is 539 g/mol. The fourth-order valence-corrected chi connectivity index (χ4v) is 4.74. The van der Waals surface area contributed by atoms with Crippen LogP contribution in [0.3, 0.4) is 0 Å². The van der Waals surface area contributed by atoms with Gasteiger partial charge in [0.2, 0.25) is 11.7 Å². The van der Waals surface area contributed by atoms with E-state index in [1.54, 1.807) is 0 Å². The van der Waals surface area contributed by atoms with E-state index in [1.807, 2.05) is 56.3 Å². The number of amides is 3. The number of aryl methyl sites for hydroxylation is 1. The number of hydrogen-bond donors (Lipinski definition) is 3. The number of anilines is 1. The summed E-state index contributed by atoms with van der Waals surface area (Å²) < 4.78 is 17.3. The number of rotatable bonds is 15. The van der Waals surface area contributed by atoms with Crippen LogP contribution in [0.5, 0.6) is 5.75 Å². The molecular formula is C30H41N3O6. The highest BCUT2D eigenvalue weighted by Gasteiger charge is 2.28. The van der Waals surface area contributed by atoms with Crippen molar-refractivity contribution in [1.82, 2.24) is 10.6 Å². The summed E-state index contributed by atoms with van der Waals surface area (Å²) in [5, 5.41) is 16.2. The molecule has 9 heteroatoms. The van der Waals surface area contributed by atoms with E-state index in [0.717, 1.165) is 79.8 Å². The molecule has 1 fully saturated rings. The van der Waals surface area contributed by atoms with E-state index >= 15 is 0 Å². The Kier molecular flexibility index (Phi) is 10.3. The van der Waals surface area contributed by atoms with E-state index < -0.39 is 11.9 Å². The molecule has 2 aliphatic rings. The molecule has 0 radical (unpaired) electrons. The number of unbranched alkanes of at least 4 members (excludes halogenated alkanes) is 3. The van der Waals surface area contributed by atoms with E-state index in [2.05, 4.69) is 10.6 Å². The molecule has 4 rings (SSSR count). The van der Waals surface area contributed by atoms with Gasteiger partial charge in [-0.2, -0.15) is 0 Å². The number of aliphatic hydroxyl groups is 1. The Hall–Kier alpha value is -2.98. The Morgan fingerprint density at radius 3 is 2.72 bits per heavy atom. The average molecular weight is 540 g/mol. The van der Waals surface area contributed by atoms with Crippen molar-refractivity contribution >= 4 is 17.6 Å². The van der Waals surface area contributed by atoms with E-state index in [-0.39, 0.29) is 18.5 Å². The topological polar surface area (TPSA) is 109 Å². The molecule has 3 N–H and O–H groups in total. The Labute approximate surface area is 230 Å². The highest BCUT2D eigenvalue weighted by molar-refractivity contribution is 6.12. The van der Waals surface area contributed by atoms with Crippen molar-refractivity contribution in [3.05, 3.63) is 59.2 Å². The number of hydrogen-bond acceptors (Lipinski definition) is 7. The van der Waals surface area contributed by atoms with Gasteiger partial charge in [0.1, 0.15) is 12.3 Å². The summed E-state index contributed by atoms with van der Waals surface area (Å²) >= 11 is 0. The predicted octanol–water partition coefficient (Wildman–Crippen LogP) is 4.22. The Balaban J connectivity index is 0.998. The van der Waals surface area contributed by atoms with E-state index in [4.69, 9.17) is 14.2 Å². The second kappa shape index (κ2) is 13.9. The number of nitrogens with one attached hydrogen (secondary N) is 2. The minimum Gasteiger partial charge on any atom is -0.463 e. The predicted molar refractivity (Wildman–Crippen MR) is 149 cm³/mol. The normalized spacial score (nSPS) is 17.1. The highest BCUT2D eigenvalue weighted by Crippen LogP contribution is 2.32. The minimum absolute atomic E-state index is 0.0732. The van der Waals surface area contributed by atoms with Gasteiger partial charge in [0, 0.05) is 44.9 Å². The molecule has 0 unspecified atom stereocenters. The van der Waals surface area contributed by atoms with Gasteiger partial charge in [0.05, 0.1) is 12.7 Å². The highest BCUT2D eigenvalue weighted by atomic mass is 16.7. The lowest BCUT2D eigenvalue weighted by Gasteiger charge is -2.33.